The number of benzene rings is 1. The van der Waals surface area contributed by atoms with Crippen LogP contribution in [0.3, 0.4) is 0 Å². The Balaban J connectivity index is 1.83. The number of nitrogens with zero attached hydrogens (tertiary/aromatic N) is 3. The van der Waals surface area contributed by atoms with Gasteiger partial charge < -0.3 is 15.2 Å². The summed E-state index contributed by atoms with van der Waals surface area (Å²) in [5.74, 6) is 0.709. The Bertz CT molecular complexity index is 625. The second kappa shape index (κ2) is 7.26. The van der Waals surface area contributed by atoms with E-state index in [9.17, 15) is 4.79 Å². The van der Waals surface area contributed by atoms with E-state index in [1.54, 1.807) is 10.9 Å². The van der Waals surface area contributed by atoms with Gasteiger partial charge in [-0.15, -0.1) is 10.2 Å². The Kier molecular flexibility index (Phi) is 5.38. The van der Waals surface area contributed by atoms with Crippen LogP contribution < -0.4 is 10.6 Å². The van der Waals surface area contributed by atoms with Gasteiger partial charge in [0.15, 0.2) is 5.82 Å². The Hall–Kier alpha value is -2.08. The number of hydrogen-bond acceptors (Lipinski definition) is 3. The van der Waals surface area contributed by atoms with Crippen LogP contribution in [0.1, 0.15) is 31.3 Å². The molecule has 0 fully saturated rings. The van der Waals surface area contributed by atoms with Crippen LogP contribution in [0, 0.1) is 0 Å². The zero-order valence-electron chi connectivity index (χ0n) is 12.9. The van der Waals surface area contributed by atoms with Crippen molar-refractivity contribution in [1.29, 1.82) is 0 Å². The first-order valence-electron chi connectivity index (χ1n) is 7.11. The van der Waals surface area contributed by atoms with Gasteiger partial charge in [-0.05, 0) is 38.0 Å². The Morgan fingerprint density at radius 1 is 1.27 bits per heavy atom. The SMILES string of the molecule is C[C@H](Cc1ccc(Cl)cc1)NC(=O)N[C@@H](C)c1nncn1C. The van der Waals surface area contributed by atoms with Gasteiger partial charge in [-0.25, -0.2) is 4.79 Å². The van der Waals surface area contributed by atoms with E-state index in [1.165, 1.54) is 0 Å². The minimum atomic E-state index is -0.225. The van der Waals surface area contributed by atoms with Gasteiger partial charge in [-0.3, -0.25) is 0 Å². The number of amides is 2. The fourth-order valence-electron chi connectivity index (χ4n) is 2.24. The lowest BCUT2D eigenvalue weighted by atomic mass is 10.1. The first kappa shape index (κ1) is 16.3. The van der Waals surface area contributed by atoms with Gasteiger partial charge in [0, 0.05) is 18.1 Å². The van der Waals surface area contributed by atoms with Gasteiger partial charge in [0.05, 0.1) is 6.04 Å². The highest BCUT2D eigenvalue weighted by Gasteiger charge is 2.15. The molecular weight excluding hydrogens is 302 g/mol. The van der Waals surface area contributed by atoms with Crippen molar-refractivity contribution >= 4 is 17.6 Å². The maximum atomic E-state index is 12.0. The molecule has 2 atom stereocenters. The molecule has 0 saturated carbocycles. The van der Waals surface area contributed by atoms with Crippen LogP contribution in [0.15, 0.2) is 30.6 Å². The average molecular weight is 322 g/mol. The molecule has 2 N–H and O–H groups in total. The summed E-state index contributed by atoms with van der Waals surface area (Å²) in [5.41, 5.74) is 1.12. The highest BCUT2D eigenvalue weighted by molar-refractivity contribution is 6.30. The second-order valence-corrected chi connectivity index (χ2v) is 5.81. The van der Waals surface area contributed by atoms with E-state index in [2.05, 4.69) is 20.8 Å². The van der Waals surface area contributed by atoms with E-state index >= 15 is 0 Å². The van der Waals surface area contributed by atoms with Crippen LogP contribution in [-0.4, -0.2) is 26.8 Å². The molecule has 0 spiro atoms. The van der Waals surface area contributed by atoms with Gasteiger partial charge >= 0.3 is 6.03 Å². The van der Waals surface area contributed by atoms with E-state index in [1.807, 2.05) is 45.2 Å². The zero-order chi connectivity index (χ0) is 16.1. The van der Waals surface area contributed by atoms with Gasteiger partial charge in [0.25, 0.3) is 0 Å². The van der Waals surface area contributed by atoms with E-state index in [0.717, 1.165) is 12.0 Å². The minimum Gasteiger partial charge on any atom is -0.335 e. The zero-order valence-corrected chi connectivity index (χ0v) is 13.6. The largest absolute Gasteiger partial charge is 0.335 e. The third kappa shape index (κ3) is 4.46. The number of urea groups is 1. The molecule has 0 bridgehead atoms. The normalized spacial score (nSPS) is 13.5. The van der Waals surface area contributed by atoms with Crippen LogP contribution in [0.25, 0.3) is 0 Å². The number of rotatable bonds is 5. The highest BCUT2D eigenvalue weighted by atomic mass is 35.5. The van der Waals surface area contributed by atoms with Gasteiger partial charge in [0.2, 0.25) is 0 Å². The third-order valence-corrected chi connectivity index (χ3v) is 3.57. The summed E-state index contributed by atoms with van der Waals surface area (Å²) in [4.78, 5) is 12.0. The Morgan fingerprint density at radius 2 is 1.95 bits per heavy atom. The summed E-state index contributed by atoms with van der Waals surface area (Å²) in [7, 11) is 1.84. The monoisotopic (exact) mass is 321 g/mol. The van der Waals surface area contributed by atoms with Gasteiger partial charge in [-0.2, -0.15) is 0 Å². The van der Waals surface area contributed by atoms with E-state index in [0.29, 0.717) is 10.8 Å². The lowest BCUT2D eigenvalue weighted by molar-refractivity contribution is 0.234. The Labute approximate surface area is 134 Å². The van der Waals surface area contributed by atoms with Crippen molar-refractivity contribution in [1.82, 2.24) is 25.4 Å². The van der Waals surface area contributed by atoms with Crippen molar-refractivity contribution in [2.45, 2.75) is 32.4 Å². The van der Waals surface area contributed by atoms with E-state index < -0.39 is 0 Å². The molecule has 0 aliphatic rings. The predicted molar refractivity (Wildman–Crippen MR) is 85.7 cm³/mol. The maximum Gasteiger partial charge on any atom is 0.315 e. The van der Waals surface area contributed by atoms with Crippen molar-refractivity contribution in [2.75, 3.05) is 0 Å². The Morgan fingerprint density at radius 3 is 2.55 bits per heavy atom. The number of halogens is 1. The third-order valence-electron chi connectivity index (χ3n) is 3.31. The molecule has 118 valence electrons. The summed E-state index contributed by atoms with van der Waals surface area (Å²) >= 11 is 5.86. The van der Waals surface area contributed by atoms with Gasteiger partial charge in [0.1, 0.15) is 6.33 Å². The molecule has 0 saturated heterocycles. The first-order valence-corrected chi connectivity index (χ1v) is 7.49. The molecule has 7 heteroatoms. The van der Waals surface area contributed by atoms with Crippen molar-refractivity contribution in [3.05, 3.63) is 47.0 Å². The fourth-order valence-corrected chi connectivity index (χ4v) is 2.36. The summed E-state index contributed by atoms with van der Waals surface area (Å²) in [6, 6.07) is 7.18. The predicted octanol–water partition coefficient (Wildman–Crippen LogP) is 2.46. The molecule has 0 radical (unpaired) electrons. The number of aryl methyl sites for hydroxylation is 1. The second-order valence-electron chi connectivity index (χ2n) is 5.37. The van der Waals surface area contributed by atoms with E-state index in [4.69, 9.17) is 11.6 Å². The lowest BCUT2D eigenvalue weighted by Crippen LogP contribution is -2.43. The summed E-state index contributed by atoms with van der Waals surface area (Å²) in [5, 5.41) is 14.3. The summed E-state index contributed by atoms with van der Waals surface area (Å²) in [6.07, 6.45) is 2.34. The van der Waals surface area contributed by atoms with Crippen molar-refractivity contribution in [3.63, 3.8) is 0 Å². The van der Waals surface area contributed by atoms with Crippen LogP contribution in [0.5, 0.6) is 0 Å². The maximum absolute atomic E-state index is 12.0. The van der Waals surface area contributed by atoms with Crippen LogP contribution in [0.2, 0.25) is 5.02 Å². The van der Waals surface area contributed by atoms with Gasteiger partial charge in [-0.1, -0.05) is 23.7 Å². The molecule has 0 unspecified atom stereocenters. The van der Waals surface area contributed by atoms with E-state index in [-0.39, 0.29) is 18.1 Å². The molecule has 1 aromatic heterocycles. The van der Waals surface area contributed by atoms with Crippen molar-refractivity contribution < 1.29 is 4.79 Å². The number of aromatic nitrogens is 3. The van der Waals surface area contributed by atoms with Crippen LogP contribution >= 0.6 is 11.6 Å². The molecule has 2 rings (SSSR count). The standard InChI is InChI=1S/C15H20ClN5O/c1-10(8-12-4-6-13(16)7-5-12)18-15(22)19-11(2)14-20-17-9-21(14)3/h4-7,9-11H,8H2,1-3H3,(H2,18,19,22)/t10-,11+/m1/s1. The molecule has 1 heterocycles. The number of carbonyl (C=O) groups excluding carboxylic acids is 1. The highest BCUT2D eigenvalue weighted by Crippen LogP contribution is 2.11. The molecule has 22 heavy (non-hydrogen) atoms. The number of carbonyl (C=O) groups is 1. The molecule has 2 aromatic rings. The summed E-state index contributed by atoms with van der Waals surface area (Å²) in [6.45, 7) is 3.83. The fraction of sp³-hybridized carbons (Fsp3) is 0.400. The summed E-state index contributed by atoms with van der Waals surface area (Å²) < 4.78 is 1.78. The average Bonchev–Trinajstić information content (AvgIpc) is 2.87. The van der Waals surface area contributed by atoms with Crippen LogP contribution in [-0.2, 0) is 13.5 Å². The van der Waals surface area contributed by atoms with Crippen molar-refractivity contribution in [3.8, 4) is 0 Å². The molecule has 1 aromatic carbocycles. The topological polar surface area (TPSA) is 71.8 Å². The molecule has 2 amide bonds. The smallest absolute Gasteiger partial charge is 0.315 e. The lowest BCUT2D eigenvalue weighted by Gasteiger charge is -2.18. The van der Waals surface area contributed by atoms with Crippen LogP contribution in [0.4, 0.5) is 4.79 Å². The number of hydrogen-bond donors (Lipinski definition) is 2. The molecule has 6 nitrogen and oxygen atoms in total. The number of nitrogens with one attached hydrogen (secondary N) is 2. The molecule has 0 aliphatic heterocycles. The first-order chi connectivity index (χ1) is 10.5. The minimum absolute atomic E-state index is 0.00729. The molecular formula is C15H20ClN5O. The molecule has 0 aliphatic carbocycles. The van der Waals surface area contributed by atoms with Crippen molar-refractivity contribution in [2.24, 2.45) is 7.05 Å². The quantitative estimate of drug-likeness (QED) is 0.888.